The summed E-state index contributed by atoms with van der Waals surface area (Å²) in [5.74, 6) is 0.774. The van der Waals surface area contributed by atoms with E-state index in [1.54, 1.807) is 12.0 Å². The Balaban J connectivity index is 1.48. The summed E-state index contributed by atoms with van der Waals surface area (Å²) in [5, 5.41) is 6.51. The van der Waals surface area contributed by atoms with Gasteiger partial charge in [-0.15, -0.1) is 0 Å². The van der Waals surface area contributed by atoms with Crippen molar-refractivity contribution in [2.45, 2.75) is 20.1 Å². The highest BCUT2D eigenvalue weighted by molar-refractivity contribution is 5.83. The van der Waals surface area contributed by atoms with Crippen molar-refractivity contribution >= 4 is 11.8 Å². The van der Waals surface area contributed by atoms with Crippen molar-refractivity contribution in [3.05, 3.63) is 35.7 Å². The monoisotopic (exact) mass is 387 g/mol. The summed E-state index contributed by atoms with van der Waals surface area (Å²) >= 11 is 0. The first-order chi connectivity index (χ1) is 13.5. The second-order valence-corrected chi connectivity index (χ2v) is 6.71. The van der Waals surface area contributed by atoms with Gasteiger partial charge in [0.2, 0.25) is 17.6 Å². The molecule has 0 spiro atoms. The molecule has 2 amide bonds. The fourth-order valence-corrected chi connectivity index (χ4v) is 3.04. The van der Waals surface area contributed by atoms with Gasteiger partial charge in [0.1, 0.15) is 6.61 Å². The molecule has 1 aromatic carbocycles. The first kappa shape index (κ1) is 20.0. The van der Waals surface area contributed by atoms with E-state index in [0.717, 1.165) is 25.2 Å². The molecule has 0 radical (unpaired) electrons. The second kappa shape index (κ2) is 9.43. The highest BCUT2D eigenvalue weighted by atomic mass is 16.5. The van der Waals surface area contributed by atoms with E-state index in [-0.39, 0.29) is 18.4 Å². The van der Waals surface area contributed by atoms with Crippen LogP contribution in [0, 0.1) is 0 Å². The fourth-order valence-electron chi connectivity index (χ4n) is 3.04. The Hall–Kier alpha value is -2.78. The molecule has 0 unspecified atom stereocenters. The molecule has 0 atom stereocenters. The Morgan fingerprint density at radius 3 is 2.54 bits per heavy atom. The van der Waals surface area contributed by atoms with Crippen LogP contribution in [0.25, 0.3) is 11.4 Å². The second-order valence-electron chi connectivity index (χ2n) is 6.71. The molecular weight excluding hydrogens is 362 g/mol. The number of methoxy groups -OCH3 is 1. The number of piperazine rings is 1. The van der Waals surface area contributed by atoms with Gasteiger partial charge in [-0.2, -0.15) is 4.98 Å². The van der Waals surface area contributed by atoms with Crippen LogP contribution in [0.4, 0.5) is 0 Å². The van der Waals surface area contributed by atoms with Gasteiger partial charge in [-0.3, -0.25) is 14.5 Å². The van der Waals surface area contributed by atoms with Gasteiger partial charge in [-0.1, -0.05) is 29.4 Å². The van der Waals surface area contributed by atoms with Crippen LogP contribution in [0.5, 0.6) is 0 Å². The Morgan fingerprint density at radius 1 is 1.18 bits per heavy atom. The van der Waals surface area contributed by atoms with Crippen LogP contribution in [0.2, 0.25) is 0 Å². The van der Waals surface area contributed by atoms with Crippen LogP contribution in [0.3, 0.4) is 0 Å². The van der Waals surface area contributed by atoms with E-state index in [0.29, 0.717) is 31.4 Å². The topological polar surface area (TPSA) is 101 Å². The molecule has 2 aromatic rings. The summed E-state index contributed by atoms with van der Waals surface area (Å²) in [6.07, 6.45) is 0. The summed E-state index contributed by atoms with van der Waals surface area (Å²) in [7, 11) is 1.58. The normalized spacial score (nSPS) is 14.9. The van der Waals surface area contributed by atoms with Crippen LogP contribution in [-0.2, 0) is 27.5 Å². The molecule has 150 valence electrons. The summed E-state index contributed by atoms with van der Waals surface area (Å²) < 4.78 is 10.1. The standard InChI is InChI=1S/C19H25N5O4/c1-14(25)20-11-18(26)24-9-7-23(8-10-24)12-15-3-5-16(6-4-15)19-21-17(13-27-2)28-22-19/h3-6H,7-13H2,1-2H3,(H,20,25). The lowest BCUT2D eigenvalue weighted by atomic mass is 10.1. The molecule has 1 aliphatic heterocycles. The van der Waals surface area contributed by atoms with Gasteiger partial charge in [0.15, 0.2) is 0 Å². The van der Waals surface area contributed by atoms with E-state index in [1.165, 1.54) is 12.5 Å². The van der Waals surface area contributed by atoms with Crippen LogP contribution < -0.4 is 5.32 Å². The molecule has 1 aliphatic rings. The zero-order valence-electron chi connectivity index (χ0n) is 16.2. The Kier molecular flexibility index (Phi) is 6.72. The van der Waals surface area contributed by atoms with Crippen molar-refractivity contribution in [3.8, 4) is 11.4 Å². The maximum absolute atomic E-state index is 12.0. The average molecular weight is 387 g/mol. The summed E-state index contributed by atoms with van der Waals surface area (Å²) in [4.78, 5) is 31.4. The maximum atomic E-state index is 12.0. The van der Waals surface area contributed by atoms with E-state index in [4.69, 9.17) is 9.26 Å². The number of hydrogen-bond donors (Lipinski definition) is 1. The summed E-state index contributed by atoms with van der Waals surface area (Å²) in [5.41, 5.74) is 2.07. The number of amides is 2. The minimum absolute atomic E-state index is 0.0350. The number of nitrogens with one attached hydrogen (secondary N) is 1. The van der Waals surface area contributed by atoms with Crippen molar-refractivity contribution < 1.29 is 18.8 Å². The first-order valence-electron chi connectivity index (χ1n) is 9.20. The van der Waals surface area contributed by atoms with Gasteiger partial charge in [-0.25, -0.2) is 0 Å². The van der Waals surface area contributed by atoms with Crippen molar-refractivity contribution in [2.75, 3.05) is 39.8 Å². The van der Waals surface area contributed by atoms with Crippen molar-refractivity contribution in [1.82, 2.24) is 25.3 Å². The van der Waals surface area contributed by atoms with Gasteiger partial charge in [0, 0.05) is 52.3 Å². The van der Waals surface area contributed by atoms with Gasteiger partial charge < -0.3 is 19.5 Å². The van der Waals surface area contributed by atoms with E-state index >= 15 is 0 Å². The van der Waals surface area contributed by atoms with Crippen LogP contribution in [-0.4, -0.2) is 71.6 Å². The third-order valence-corrected chi connectivity index (χ3v) is 4.57. The van der Waals surface area contributed by atoms with E-state index in [2.05, 4.69) is 32.5 Å². The molecule has 1 N–H and O–H groups in total. The summed E-state index contributed by atoms with van der Waals surface area (Å²) in [6.45, 7) is 5.53. The number of carbonyl (C=O) groups excluding carboxylic acids is 2. The summed E-state index contributed by atoms with van der Waals surface area (Å²) in [6, 6.07) is 8.06. The highest BCUT2D eigenvalue weighted by Gasteiger charge is 2.21. The van der Waals surface area contributed by atoms with Gasteiger partial charge >= 0.3 is 0 Å². The maximum Gasteiger partial charge on any atom is 0.252 e. The Morgan fingerprint density at radius 2 is 1.89 bits per heavy atom. The minimum atomic E-state index is -0.189. The van der Waals surface area contributed by atoms with Crippen LogP contribution in [0.1, 0.15) is 18.4 Å². The quantitative estimate of drug-likeness (QED) is 0.745. The molecule has 9 heteroatoms. The molecule has 1 saturated heterocycles. The number of hydrogen-bond acceptors (Lipinski definition) is 7. The lowest BCUT2D eigenvalue weighted by molar-refractivity contribution is -0.134. The Labute approximate surface area is 163 Å². The van der Waals surface area contributed by atoms with Gasteiger partial charge in [-0.05, 0) is 5.56 Å². The van der Waals surface area contributed by atoms with Crippen LogP contribution in [0.15, 0.2) is 28.8 Å². The van der Waals surface area contributed by atoms with E-state index in [9.17, 15) is 9.59 Å². The number of nitrogens with zero attached hydrogens (tertiary/aromatic N) is 4. The SMILES string of the molecule is COCc1nc(-c2ccc(CN3CCN(C(=O)CNC(C)=O)CC3)cc2)no1. The number of aromatic nitrogens is 2. The zero-order valence-corrected chi connectivity index (χ0v) is 16.2. The smallest absolute Gasteiger partial charge is 0.252 e. The number of rotatable bonds is 7. The van der Waals surface area contributed by atoms with E-state index < -0.39 is 0 Å². The molecule has 0 aliphatic carbocycles. The lowest BCUT2D eigenvalue weighted by Crippen LogP contribution is -2.50. The van der Waals surface area contributed by atoms with Crippen molar-refractivity contribution in [3.63, 3.8) is 0 Å². The molecular formula is C19H25N5O4. The van der Waals surface area contributed by atoms with Crippen LogP contribution >= 0.6 is 0 Å². The number of benzene rings is 1. The molecule has 1 aromatic heterocycles. The van der Waals surface area contributed by atoms with Crippen molar-refractivity contribution in [1.29, 1.82) is 0 Å². The van der Waals surface area contributed by atoms with Crippen molar-refractivity contribution in [2.24, 2.45) is 0 Å². The Bertz CT molecular complexity index is 797. The molecule has 1 fully saturated rings. The van der Waals surface area contributed by atoms with E-state index in [1.807, 2.05) is 12.1 Å². The fraction of sp³-hybridized carbons (Fsp3) is 0.474. The lowest BCUT2D eigenvalue weighted by Gasteiger charge is -2.34. The van der Waals surface area contributed by atoms with Gasteiger partial charge in [0.25, 0.3) is 5.89 Å². The zero-order chi connectivity index (χ0) is 19.9. The molecule has 3 rings (SSSR count). The third-order valence-electron chi connectivity index (χ3n) is 4.57. The molecule has 28 heavy (non-hydrogen) atoms. The molecule has 2 heterocycles. The molecule has 9 nitrogen and oxygen atoms in total. The largest absolute Gasteiger partial charge is 0.375 e. The number of ether oxygens (including phenoxy) is 1. The third kappa shape index (κ3) is 5.37. The molecule has 0 saturated carbocycles. The number of carbonyl (C=O) groups is 2. The highest BCUT2D eigenvalue weighted by Crippen LogP contribution is 2.18. The predicted octanol–water partition coefficient (Wildman–Crippen LogP) is 0.663. The first-order valence-corrected chi connectivity index (χ1v) is 9.20. The average Bonchev–Trinajstić information content (AvgIpc) is 3.16. The predicted molar refractivity (Wildman–Crippen MR) is 101 cm³/mol. The minimum Gasteiger partial charge on any atom is -0.375 e. The molecule has 0 bridgehead atoms. The van der Waals surface area contributed by atoms with Gasteiger partial charge in [0.05, 0.1) is 6.54 Å².